The Balaban J connectivity index is 2.21. The van der Waals surface area contributed by atoms with Gasteiger partial charge in [-0.3, -0.25) is 0 Å². The molecule has 1 unspecified atom stereocenters. The van der Waals surface area contributed by atoms with Crippen molar-refractivity contribution in [2.24, 2.45) is 0 Å². The number of hydrogen-bond donors (Lipinski definition) is 2. The molecule has 5 nitrogen and oxygen atoms in total. The number of halogens is 1. The fourth-order valence-electron chi connectivity index (χ4n) is 2.00. The van der Waals surface area contributed by atoms with Gasteiger partial charge in [0, 0.05) is 12.6 Å². The summed E-state index contributed by atoms with van der Waals surface area (Å²) < 4.78 is 39.9. The minimum atomic E-state index is -3.72. The molecule has 0 aromatic heterocycles. The van der Waals surface area contributed by atoms with Crippen molar-refractivity contribution in [3.05, 3.63) is 29.6 Å². The lowest BCUT2D eigenvalue weighted by Crippen LogP contribution is -2.45. The lowest BCUT2D eigenvalue weighted by atomic mass is 10.1. The van der Waals surface area contributed by atoms with Crippen LogP contribution in [0.2, 0.25) is 0 Å². The number of hydrogen-bond acceptors (Lipinski definition) is 4. The van der Waals surface area contributed by atoms with Crippen LogP contribution in [0.1, 0.15) is 18.4 Å². The highest BCUT2D eigenvalue weighted by Gasteiger charge is 2.22. The zero-order chi connectivity index (χ0) is 13.9. The van der Waals surface area contributed by atoms with Crippen molar-refractivity contribution in [1.29, 1.82) is 5.26 Å². The summed E-state index contributed by atoms with van der Waals surface area (Å²) in [6.45, 7) is 1.46. The van der Waals surface area contributed by atoms with E-state index < -0.39 is 15.8 Å². The second-order valence-corrected chi connectivity index (χ2v) is 6.13. The molecule has 102 valence electrons. The van der Waals surface area contributed by atoms with Gasteiger partial charge in [0.1, 0.15) is 11.9 Å². The predicted molar refractivity (Wildman–Crippen MR) is 67.3 cm³/mol. The molecule has 0 radical (unpaired) electrons. The Hall–Kier alpha value is -1.49. The summed E-state index contributed by atoms with van der Waals surface area (Å²) in [5.74, 6) is -0.721. The van der Waals surface area contributed by atoms with Crippen molar-refractivity contribution in [1.82, 2.24) is 10.0 Å². The van der Waals surface area contributed by atoms with Gasteiger partial charge in [0.15, 0.2) is 0 Å². The molecule has 2 N–H and O–H groups in total. The van der Waals surface area contributed by atoms with E-state index in [1.54, 1.807) is 6.07 Å². The quantitative estimate of drug-likeness (QED) is 0.856. The normalized spacial score (nSPS) is 19.9. The van der Waals surface area contributed by atoms with Crippen LogP contribution in [0.3, 0.4) is 0 Å². The molecule has 1 atom stereocenters. The molecule has 0 aliphatic carbocycles. The maximum Gasteiger partial charge on any atom is 0.240 e. The average molecular weight is 283 g/mol. The molecular weight excluding hydrogens is 269 g/mol. The average Bonchev–Trinajstić information content (AvgIpc) is 2.39. The first-order chi connectivity index (χ1) is 9.03. The summed E-state index contributed by atoms with van der Waals surface area (Å²) in [6.07, 6.45) is 1.67. The fourth-order valence-corrected chi connectivity index (χ4v) is 3.29. The lowest BCUT2D eigenvalue weighted by molar-refractivity contribution is 0.428. The van der Waals surface area contributed by atoms with E-state index >= 15 is 0 Å². The van der Waals surface area contributed by atoms with Crippen molar-refractivity contribution in [2.75, 3.05) is 13.1 Å². The van der Waals surface area contributed by atoms with Crippen LogP contribution in [0.5, 0.6) is 0 Å². The molecule has 1 saturated heterocycles. The first-order valence-electron chi connectivity index (χ1n) is 5.95. The van der Waals surface area contributed by atoms with Crippen LogP contribution in [-0.4, -0.2) is 27.5 Å². The molecule has 1 fully saturated rings. The van der Waals surface area contributed by atoms with Gasteiger partial charge in [-0.15, -0.1) is 0 Å². The van der Waals surface area contributed by atoms with E-state index in [9.17, 15) is 12.8 Å². The maximum absolute atomic E-state index is 13.2. The van der Waals surface area contributed by atoms with E-state index in [0.717, 1.165) is 37.6 Å². The van der Waals surface area contributed by atoms with Gasteiger partial charge >= 0.3 is 0 Å². The summed E-state index contributed by atoms with van der Waals surface area (Å²) in [5.41, 5.74) is -0.273. The molecule has 0 saturated carbocycles. The van der Waals surface area contributed by atoms with Crippen LogP contribution in [0.25, 0.3) is 0 Å². The third kappa shape index (κ3) is 3.29. The van der Waals surface area contributed by atoms with Gasteiger partial charge in [-0.2, -0.15) is 5.26 Å². The largest absolute Gasteiger partial charge is 0.315 e. The molecule has 7 heteroatoms. The molecule has 1 aliphatic rings. The summed E-state index contributed by atoms with van der Waals surface area (Å²) in [7, 11) is -3.72. The highest BCUT2D eigenvalue weighted by atomic mass is 32.2. The Bertz CT molecular complexity index is 604. The fraction of sp³-hybridized carbons (Fsp3) is 0.417. The summed E-state index contributed by atoms with van der Waals surface area (Å²) in [4.78, 5) is -0.0870. The van der Waals surface area contributed by atoms with Gasteiger partial charge in [-0.05, 0) is 37.6 Å². The Morgan fingerprint density at radius 2 is 2.26 bits per heavy atom. The molecule has 0 bridgehead atoms. The Kier molecular flexibility index (Phi) is 4.14. The van der Waals surface area contributed by atoms with E-state index in [2.05, 4.69) is 10.0 Å². The molecule has 0 amide bonds. The number of sulfonamides is 1. The minimum absolute atomic E-state index is 0.0870. The van der Waals surface area contributed by atoms with Gasteiger partial charge in [0.2, 0.25) is 10.0 Å². The second kappa shape index (κ2) is 5.65. The van der Waals surface area contributed by atoms with Crippen molar-refractivity contribution >= 4 is 10.0 Å². The van der Waals surface area contributed by atoms with Gasteiger partial charge in [-0.1, -0.05) is 0 Å². The third-order valence-corrected chi connectivity index (χ3v) is 4.51. The lowest BCUT2D eigenvalue weighted by Gasteiger charge is -2.23. The highest BCUT2D eigenvalue weighted by molar-refractivity contribution is 7.89. The zero-order valence-electron chi connectivity index (χ0n) is 10.2. The zero-order valence-corrected chi connectivity index (χ0v) is 11.0. The van der Waals surface area contributed by atoms with Crippen LogP contribution in [-0.2, 0) is 10.0 Å². The van der Waals surface area contributed by atoms with E-state index in [0.29, 0.717) is 6.54 Å². The molecule has 1 heterocycles. The van der Waals surface area contributed by atoms with E-state index in [1.807, 2.05) is 0 Å². The first kappa shape index (κ1) is 13.9. The van der Waals surface area contributed by atoms with Crippen LogP contribution in [0.4, 0.5) is 4.39 Å². The van der Waals surface area contributed by atoms with E-state index in [-0.39, 0.29) is 16.5 Å². The van der Waals surface area contributed by atoms with Crippen LogP contribution in [0.15, 0.2) is 23.1 Å². The number of nitrogens with one attached hydrogen (secondary N) is 2. The van der Waals surface area contributed by atoms with Gasteiger partial charge in [0.25, 0.3) is 0 Å². The number of nitrogens with zero attached hydrogens (tertiary/aromatic N) is 1. The monoisotopic (exact) mass is 283 g/mol. The van der Waals surface area contributed by atoms with Crippen LogP contribution in [0, 0.1) is 17.1 Å². The molecular formula is C12H14FN3O2S. The molecule has 2 rings (SSSR count). The Labute approximate surface area is 111 Å². The molecule has 1 aromatic rings. The SMILES string of the molecule is N#Cc1cc(S(=O)(=O)NC2CCCNC2)ccc1F. The number of benzene rings is 1. The van der Waals surface area contributed by atoms with Gasteiger partial charge < -0.3 is 5.32 Å². The van der Waals surface area contributed by atoms with Crippen LogP contribution < -0.4 is 10.0 Å². The van der Waals surface area contributed by atoms with Crippen molar-refractivity contribution in [3.8, 4) is 6.07 Å². The number of nitriles is 1. The minimum Gasteiger partial charge on any atom is -0.315 e. The third-order valence-electron chi connectivity index (χ3n) is 2.99. The number of rotatable bonds is 3. The van der Waals surface area contributed by atoms with E-state index in [1.165, 1.54) is 0 Å². The van der Waals surface area contributed by atoms with Gasteiger partial charge in [-0.25, -0.2) is 17.5 Å². The van der Waals surface area contributed by atoms with Crippen LogP contribution >= 0.6 is 0 Å². The summed E-state index contributed by atoms with van der Waals surface area (Å²) in [6, 6.07) is 4.66. The van der Waals surface area contributed by atoms with Gasteiger partial charge in [0.05, 0.1) is 10.5 Å². The second-order valence-electron chi connectivity index (χ2n) is 4.42. The smallest absolute Gasteiger partial charge is 0.240 e. The maximum atomic E-state index is 13.2. The predicted octanol–water partition coefficient (Wildman–Crippen LogP) is 0.728. The summed E-state index contributed by atoms with van der Waals surface area (Å²) in [5, 5.41) is 11.8. The first-order valence-corrected chi connectivity index (χ1v) is 7.44. The topological polar surface area (TPSA) is 82.0 Å². The van der Waals surface area contributed by atoms with Crippen molar-refractivity contribution in [3.63, 3.8) is 0 Å². The van der Waals surface area contributed by atoms with Crippen molar-refractivity contribution in [2.45, 2.75) is 23.8 Å². The standard InChI is InChI=1S/C12H14FN3O2S/c13-12-4-3-11(6-9(12)7-14)19(17,18)16-10-2-1-5-15-8-10/h3-4,6,10,15-16H,1-2,5,8H2. The Morgan fingerprint density at radius 3 is 2.89 bits per heavy atom. The Morgan fingerprint density at radius 1 is 1.47 bits per heavy atom. The molecule has 1 aromatic carbocycles. The molecule has 1 aliphatic heterocycles. The van der Waals surface area contributed by atoms with Crippen molar-refractivity contribution < 1.29 is 12.8 Å². The molecule has 0 spiro atoms. The highest BCUT2D eigenvalue weighted by Crippen LogP contribution is 2.15. The molecule has 19 heavy (non-hydrogen) atoms. The summed E-state index contributed by atoms with van der Waals surface area (Å²) >= 11 is 0. The number of piperidine rings is 1. The van der Waals surface area contributed by atoms with E-state index in [4.69, 9.17) is 5.26 Å².